The lowest BCUT2D eigenvalue weighted by atomic mass is 10.1. The van der Waals surface area contributed by atoms with Gasteiger partial charge in [0.2, 0.25) is 0 Å². The van der Waals surface area contributed by atoms with Crippen LogP contribution in [-0.2, 0) is 9.84 Å². The average molecular weight is 271 g/mol. The lowest BCUT2D eigenvalue weighted by Gasteiger charge is -2.24. The van der Waals surface area contributed by atoms with Gasteiger partial charge in [0.1, 0.15) is 9.84 Å². The van der Waals surface area contributed by atoms with Crippen LogP contribution >= 0.6 is 0 Å². The summed E-state index contributed by atoms with van der Waals surface area (Å²) in [5, 5.41) is 12.9. The molecule has 1 fully saturated rings. The highest BCUT2D eigenvalue weighted by Gasteiger charge is 2.23. The number of methoxy groups -OCH3 is 1. The molecule has 1 saturated heterocycles. The number of nitrogens with one attached hydrogen (secondary N) is 1. The molecule has 0 radical (unpaired) electrons. The fourth-order valence-corrected chi connectivity index (χ4v) is 3.54. The zero-order valence-corrected chi connectivity index (χ0v) is 11.0. The van der Waals surface area contributed by atoms with Crippen molar-refractivity contribution in [2.75, 3.05) is 23.9 Å². The summed E-state index contributed by atoms with van der Waals surface area (Å²) in [6.07, 6.45) is 1.21. The standard InChI is InChI=1S/C12H17NO4S/c1-17-12-3-2-10(8-11(12)14)13-9-4-6-18(15,16)7-5-9/h2-3,8-9,13-14H,4-7H2,1H3. The van der Waals surface area contributed by atoms with Gasteiger partial charge in [-0.05, 0) is 25.0 Å². The first-order chi connectivity index (χ1) is 8.50. The van der Waals surface area contributed by atoms with Gasteiger partial charge in [-0.1, -0.05) is 0 Å². The van der Waals surface area contributed by atoms with E-state index in [2.05, 4.69) is 5.32 Å². The van der Waals surface area contributed by atoms with Crippen molar-refractivity contribution in [3.63, 3.8) is 0 Å². The highest BCUT2D eigenvalue weighted by molar-refractivity contribution is 7.91. The predicted molar refractivity (Wildman–Crippen MR) is 70.0 cm³/mol. The molecule has 0 amide bonds. The number of hydrogen-bond donors (Lipinski definition) is 2. The van der Waals surface area contributed by atoms with E-state index in [0.29, 0.717) is 18.6 Å². The van der Waals surface area contributed by atoms with Gasteiger partial charge in [-0.15, -0.1) is 0 Å². The van der Waals surface area contributed by atoms with Crippen LogP contribution in [0.2, 0.25) is 0 Å². The first-order valence-electron chi connectivity index (χ1n) is 5.84. The van der Waals surface area contributed by atoms with Gasteiger partial charge in [-0.2, -0.15) is 0 Å². The van der Waals surface area contributed by atoms with Crippen molar-refractivity contribution in [1.29, 1.82) is 0 Å². The molecule has 1 heterocycles. The zero-order chi connectivity index (χ0) is 13.2. The third-order valence-electron chi connectivity index (χ3n) is 3.10. The van der Waals surface area contributed by atoms with Crippen LogP contribution < -0.4 is 10.1 Å². The Labute approximate surface area is 107 Å². The number of aromatic hydroxyl groups is 1. The Hall–Kier alpha value is -1.43. The van der Waals surface area contributed by atoms with E-state index < -0.39 is 9.84 Å². The minimum absolute atomic E-state index is 0.0749. The normalized spacial score (nSPS) is 19.4. The molecule has 1 aliphatic rings. The van der Waals surface area contributed by atoms with Crippen molar-refractivity contribution < 1.29 is 18.3 Å². The molecule has 5 nitrogen and oxygen atoms in total. The molecule has 1 aromatic carbocycles. The molecule has 2 rings (SSSR count). The molecule has 0 aliphatic carbocycles. The van der Waals surface area contributed by atoms with Crippen LogP contribution in [0.5, 0.6) is 11.5 Å². The lowest BCUT2D eigenvalue weighted by Crippen LogP contribution is -2.32. The van der Waals surface area contributed by atoms with E-state index in [9.17, 15) is 13.5 Å². The number of sulfone groups is 1. The van der Waals surface area contributed by atoms with E-state index in [-0.39, 0.29) is 23.3 Å². The van der Waals surface area contributed by atoms with Crippen LogP contribution in [0.25, 0.3) is 0 Å². The maximum Gasteiger partial charge on any atom is 0.160 e. The summed E-state index contributed by atoms with van der Waals surface area (Å²) in [5.41, 5.74) is 0.776. The van der Waals surface area contributed by atoms with Gasteiger partial charge in [-0.25, -0.2) is 8.42 Å². The predicted octanol–water partition coefficient (Wildman–Crippen LogP) is 1.39. The third-order valence-corrected chi connectivity index (χ3v) is 4.82. The molecule has 0 spiro atoms. The van der Waals surface area contributed by atoms with E-state index in [1.54, 1.807) is 12.1 Å². The summed E-state index contributed by atoms with van der Waals surface area (Å²) < 4.78 is 27.6. The van der Waals surface area contributed by atoms with Crippen LogP contribution in [0.15, 0.2) is 18.2 Å². The second-order valence-corrected chi connectivity index (χ2v) is 6.76. The molecule has 0 aromatic heterocycles. The van der Waals surface area contributed by atoms with Crippen molar-refractivity contribution in [1.82, 2.24) is 0 Å². The summed E-state index contributed by atoms with van der Waals surface area (Å²) in [4.78, 5) is 0. The van der Waals surface area contributed by atoms with Crippen molar-refractivity contribution in [2.24, 2.45) is 0 Å². The molecular weight excluding hydrogens is 254 g/mol. The molecule has 0 bridgehead atoms. The Kier molecular flexibility index (Phi) is 3.65. The lowest BCUT2D eigenvalue weighted by molar-refractivity contribution is 0.373. The highest BCUT2D eigenvalue weighted by Crippen LogP contribution is 2.29. The third kappa shape index (κ3) is 3.07. The molecule has 0 unspecified atom stereocenters. The number of phenols is 1. The molecule has 18 heavy (non-hydrogen) atoms. The minimum Gasteiger partial charge on any atom is -0.504 e. The van der Waals surface area contributed by atoms with Crippen LogP contribution in [0, 0.1) is 0 Å². The first-order valence-corrected chi connectivity index (χ1v) is 7.66. The van der Waals surface area contributed by atoms with Crippen LogP contribution in [-0.4, -0.2) is 38.2 Å². The largest absolute Gasteiger partial charge is 0.504 e. The highest BCUT2D eigenvalue weighted by atomic mass is 32.2. The minimum atomic E-state index is -2.84. The smallest absolute Gasteiger partial charge is 0.160 e. The fourth-order valence-electron chi connectivity index (χ4n) is 2.05. The van der Waals surface area contributed by atoms with Crippen molar-refractivity contribution in [3.8, 4) is 11.5 Å². The van der Waals surface area contributed by atoms with E-state index in [0.717, 1.165) is 5.69 Å². The fraction of sp³-hybridized carbons (Fsp3) is 0.500. The van der Waals surface area contributed by atoms with Crippen LogP contribution in [0.3, 0.4) is 0 Å². The molecule has 1 aromatic rings. The van der Waals surface area contributed by atoms with Gasteiger partial charge >= 0.3 is 0 Å². The van der Waals surface area contributed by atoms with Gasteiger partial charge < -0.3 is 15.2 Å². The molecular formula is C12H17NO4S. The number of phenolic OH excluding ortho intramolecular Hbond substituents is 1. The molecule has 6 heteroatoms. The monoisotopic (exact) mass is 271 g/mol. The molecule has 0 saturated carbocycles. The van der Waals surface area contributed by atoms with E-state index in [4.69, 9.17) is 4.74 Å². The number of rotatable bonds is 3. The van der Waals surface area contributed by atoms with Gasteiger partial charge in [0.25, 0.3) is 0 Å². The molecule has 100 valence electrons. The summed E-state index contributed by atoms with van der Waals surface area (Å²) in [5.74, 6) is 0.956. The Morgan fingerprint density at radius 2 is 2.00 bits per heavy atom. The summed E-state index contributed by atoms with van der Waals surface area (Å²) in [6, 6.07) is 5.21. The number of ether oxygens (including phenoxy) is 1. The topological polar surface area (TPSA) is 75.6 Å². The maximum atomic E-state index is 11.3. The zero-order valence-electron chi connectivity index (χ0n) is 10.2. The Balaban J connectivity index is 2.00. The summed E-state index contributed by atoms with van der Waals surface area (Å²) in [6.45, 7) is 0. The Morgan fingerprint density at radius 1 is 1.33 bits per heavy atom. The van der Waals surface area contributed by atoms with Gasteiger partial charge in [0.05, 0.1) is 18.6 Å². The van der Waals surface area contributed by atoms with Crippen molar-refractivity contribution in [2.45, 2.75) is 18.9 Å². The van der Waals surface area contributed by atoms with E-state index in [1.807, 2.05) is 6.07 Å². The van der Waals surface area contributed by atoms with Gasteiger partial charge in [0, 0.05) is 17.8 Å². The SMILES string of the molecule is COc1ccc(NC2CCS(=O)(=O)CC2)cc1O. The van der Waals surface area contributed by atoms with Gasteiger partial charge in [-0.3, -0.25) is 0 Å². The number of anilines is 1. The first kappa shape index (κ1) is 13.0. The van der Waals surface area contributed by atoms with Crippen molar-refractivity contribution >= 4 is 15.5 Å². The number of benzene rings is 1. The quantitative estimate of drug-likeness (QED) is 0.869. The Bertz CT molecular complexity index is 513. The summed E-state index contributed by atoms with van der Waals surface area (Å²) in [7, 11) is -1.34. The van der Waals surface area contributed by atoms with E-state index >= 15 is 0 Å². The van der Waals surface area contributed by atoms with Crippen molar-refractivity contribution in [3.05, 3.63) is 18.2 Å². The molecule has 1 aliphatic heterocycles. The maximum absolute atomic E-state index is 11.3. The number of hydrogen-bond acceptors (Lipinski definition) is 5. The van der Waals surface area contributed by atoms with Gasteiger partial charge in [0.15, 0.2) is 11.5 Å². The molecule has 0 atom stereocenters. The molecule has 2 N–H and O–H groups in total. The van der Waals surface area contributed by atoms with E-state index in [1.165, 1.54) is 7.11 Å². The average Bonchev–Trinajstić information content (AvgIpc) is 2.32. The van der Waals surface area contributed by atoms with Crippen LogP contribution in [0.1, 0.15) is 12.8 Å². The van der Waals surface area contributed by atoms with Crippen LogP contribution in [0.4, 0.5) is 5.69 Å². The second-order valence-electron chi connectivity index (χ2n) is 4.46. The second kappa shape index (κ2) is 5.06. The Morgan fingerprint density at radius 3 is 2.56 bits per heavy atom. The summed E-state index contributed by atoms with van der Waals surface area (Å²) >= 11 is 0.